The number of piperidine rings is 1. The molecular formula is C11H15F2N3. The van der Waals surface area contributed by atoms with Gasteiger partial charge in [-0.05, 0) is 12.8 Å². The Hall–Kier alpha value is -0.970. The smallest absolute Gasteiger partial charge is 0.257 e. The van der Waals surface area contributed by atoms with Gasteiger partial charge in [0.15, 0.2) is 0 Å². The molecule has 1 aliphatic carbocycles. The molecule has 2 heterocycles. The molecule has 0 amide bonds. The number of nitrogens with zero attached hydrogens (tertiary/aromatic N) is 2. The fourth-order valence-corrected chi connectivity index (χ4v) is 2.26. The summed E-state index contributed by atoms with van der Waals surface area (Å²) in [5.41, 5.74) is 0.670. The highest BCUT2D eigenvalue weighted by molar-refractivity contribution is 5.18. The van der Waals surface area contributed by atoms with Crippen LogP contribution in [0.3, 0.4) is 0 Å². The molecule has 1 saturated carbocycles. The minimum Gasteiger partial charge on any atom is -0.316 e. The summed E-state index contributed by atoms with van der Waals surface area (Å²) >= 11 is 0. The average molecular weight is 227 g/mol. The molecule has 1 saturated heterocycles. The van der Waals surface area contributed by atoms with E-state index in [-0.39, 0.29) is 6.42 Å². The molecule has 0 spiro atoms. The maximum absolute atomic E-state index is 13.7. The van der Waals surface area contributed by atoms with Crippen molar-refractivity contribution in [3.05, 3.63) is 18.0 Å². The van der Waals surface area contributed by atoms with Crippen LogP contribution in [0.2, 0.25) is 0 Å². The first-order valence-electron chi connectivity index (χ1n) is 5.79. The zero-order valence-corrected chi connectivity index (χ0v) is 9.00. The van der Waals surface area contributed by atoms with Gasteiger partial charge in [-0.2, -0.15) is 5.10 Å². The lowest BCUT2D eigenvalue weighted by Crippen LogP contribution is -2.42. The Balaban J connectivity index is 1.83. The Bertz CT molecular complexity index is 384. The van der Waals surface area contributed by atoms with E-state index in [0.717, 1.165) is 12.8 Å². The van der Waals surface area contributed by atoms with E-state index in [1.807, 2.05) is 4.68 Å². The number of alkyl halides is 2. The summed E-state index contributed by atoms with van der Waals surface area (Å²) in [4.78, 5) is 0. The van der Waals surface area contributed by atoms with Gasteiger partial charge in [-0.3, -0.25) is 4.68 Å². The summed E-state index contributed by atoms with van der Waals surface area (Å²) in [6, 6.07) is 0.457. The van der Waals surface area contributed by atoms with Crippen molar-refractivity contribution >= 4 is 0 Å². The summed E-state index contributed by atoms with van der Waals surface area (Å²) in [5, 5.41) is 7.20. The van der Waals surface area contributed by atoms with E-state index in [2.05, 4.69) is 10.4 Å². The summed E-state index contributed by atoms with van der Waals surface area (Å²) < 4.78 is 29.2. The van der Waals surface area contributed by atoms with Crippen LogP contribution in [0, 0.1) is 0 Å². The predicted octanol–water partition coefficient (Wildman–Crippen LogP) is 1.93. The van der Waals surface area contributed by atoms with Gasteiger partial charge in [0.25, 0.3) is 5.92 Å². The molecule has 1 aromatic heterocycles. The molecule has 1 N–H and O–H groups in total. The average Bonchev–Trinajstić information content (AvgIpc) is 2.98. The third kappa shape index (κ3) is 1.73. The fraction of sp³-hybridized carbons (Fsp3) is 0.727. The van der Waals surface area contributed by atoms with Crippen molar-refractivity contribution in [2.75, 3.05) is 13.1 Å². The van der Waals surface area contributed by atoms with Crippen LogP contribution in [0.25, 0.3) is 0 Å². The van der Waals surface area contributed by atoms with Crippen molar-refractivity contribution in [2.24, 2.45) is 0 Å². The predicted molar refractivity (Wildman–Crippen MR) is 55.7 cm³/mol. The fourth-order valence-electron chi connectivity index (χ4n) is 2.26. The monoisotopic (exact) mass is 227 g/mol. The van der Waals surface area contributed by atoms with Crippen LogP contribution >= 0.6 is 0 Å². The van der Waals surface area contributed by atoms with Crippen LogP contribution in [-0.2, 0) is 0 Å². The van der Waals surface area contributed by atoms with Crippen molar-refractivity contribution in [1.82, 2.24) is 15.1 Å². The van der Waals surface area contributed by atoms with Crippen LogP contribution in [-0.4, -0.2) is 28.8 Å². The number of aromatic nitrogens is 2. The third-order valence-corrected chi connectivity index (χ3v) is 3.44. The van der Waals surface area contributed by atoms with Crippen LogP contribution in [0.5, 0.6) is 0 Å². The lowest BCUT2D eigenvalue weighted by Gasteiger charge is -2.31. The Morgan fingerprint density at radius 1 is 1.44 bits per heavy atom. The van der Waals surface area contributed by atoms with E-state index in [4.69, 9.17) is 0 Å². The largest absolute Gasteiger partial charge is 0.316 e. The van der Waals surface area contributed by atoms with Gasteiger partial charge in [0.2, 0.25) is 0 Å². The van der Waals surface area contributed by atoms with Crippen LogP contribution in [0.1, 0.15) is 36.8 Å². The normalized spacial score (nSPS) is 29.2. The molecule has 16 heavy (non-hydrogen) atoms. The van der Waals surface area contributed by atoms with Crippen LogP contribution < -0.4 is 5.32 Å². The number of halogens is 2. The minimum atomic E-state index is -2.59. The summed E-state index contributed by atoms with van der Waals surface area (Å²) in [5.74, 6) is -3.31. The van der Waals surface area contributed by atoms with Crippen LogP contribution in [0.15, 0.2) is 12.4 Å². The van der Waals surface area contributed by atoms with Crippen molar-refractivity contribution in [3.63, 3.8) is 0 Å². The first-order valence-corrected chi connectivity index (χ1v) is 5.79. The summed E-state index contributed by atoms with van der Waals surface area (Å²) in [7, 11) is 0. The van der Waals surface area contributed by atoms with Gasteiger partial charge in [0.05, 0.1) is 18.2 Å². The minimum absolute atomic E-state index is 0.0771. The first kappa shape index (κ1) is 10.2. The number of nitrogens with one attached hydrogen (secondary N) is 1. The van der Waals surface area contributed by atoms with E-state index in [1.54, 1.807) is 12.4 Å². The van der Waals surface area contributed by atoms with Gasteiger partial charge in [0.1, 0.15) is 0 Å². The van der Waals surface area contributed by atoms with Gasteiger partial charge < -0.3 is 5.32 Å². The Morgan fingerprint density at radius 2 is 2.25 bits per heavy atom. The lowest BCUT2D eigenvalue weighted by molar-refractivity contribution is -0.0479. The van der Waals surface area contributed by atoms with Crippen molar-refractivity contribution < 1.29 is 8.78 Å². The quantitative estimate of drug-likeness (QED) is 0.836. The molecule has 2 fully saturated rings. The molecule has 0 aromatic carbocycles. The molecule has 0 radical (unpaired) electrons. The topological polar surface area (TPSA) is 29.9 Å². The first-order chi connectivity index (χ1) is 7.67. The summed E-state index contributed by atoms with van der Waals surface area (Å²) in [6.07, 6.45) is 5.57. The second kappa shape index (κ2) is 3.52. The molecule has 1 unspecified atom stereocenters. The number of rotatable bonds is 2. The second-order valence-electron chi connectivity index (χ2n) is 4.75. The third-order valence-electron chi connectivity index (χ3n) is 3.44. The van der Waals surface area contributed by atoms with Crippen LogP contribution in [0.4, 0.5) is 8.78 Å². The number of hydrogen-bond donors (Lipinski definition) is 1. The molecule has 5 heteroatoms. The second-order valence-corrected chi connectivity index (χ2v) is 4.75. The zero-order valence-electron chi connectivity index (χ0n) is 9.00. The van der Waals surface area contributed by atoms with Gasteiger partial charge in [0, 0.05) is 31.3 Å². The van der Waals surface area contributed by atoms with Gasteiger partial charge in [-0.15, -0.1) is 0 Å². The highest BCUT2D eigenvalue weighted by atomic mass is 19.3. The molecule has 1 aliphatic heterocycles. The Morgan fingerprint density at radius 3 is 2.94 bits per heavy atom. The molecule has 1 atom stereocenters. The van der Waals surface area contributed by atoms with Crippen molar-refractivity contribution in [1.29, 1.82) is 0 Å². The van der Waals surface area contributed by atoms with E-state index in [9.17, 15) is 8.78 Å². The molecule has 0 bridgehead atoms. The van der Waals surface area contributed by atoms with E-state index in [0.29, 0.717) is 24.7 Å². The van der Waals surface area contributed by atoms with Crippen molar-refractivity contribution in [2.45, 2.75) is 37.1 Å². The maximum Gasteiger partial charge on any atom is 0.257 e. The molecule has 2 aliphatic rings. The zero-order chi connectivity index (χ0) is 11.2. The summed E-state index contributed by atoms with van der Waals surface area (Å²) in [6.45, 7) is 0.754. The van der Waals surface area contributed by atoms with Crippen molar-refractivity contribution in [3.8, 4) is 0 Å². The number of hydrogen-bond acceptors (Lipinski definition) is 2. The maximum atomic E-state index is 13.7. The standard InChI is InChI=1S/C11H15F2N3/c12-11(13)3-4-14-6-10(11)8-5-15-16(7-8)9-1-2-9/h5,7,9-10,14H,1-4,6H2. The Kier molecular flexibility index (Phi) is 2.24. The molecular weight excluding hydrogens is 212 g/mol. The van der Waals surface area contributed by atoms with Gasteiger partial charge in [-0.25, -0.2) is 8.78 Å². The van der Waals surface area contributed by atoms with E-state index < -0.39 is 11.8 Å². The SMILES string of the molecule is FC1(F)CCNCC1c1cnn(C2CC2)c1. The van der Waals surface area contributed by atoms with E-state index in [1.165, 1.54) is 0 Å². The molecule has 3 nitrogen and oxygen atoms in total. The Labute approximate surface area is 92.8 Å². The van der Waals surface area contributed by atoms with Gasteiger partial charge >= 0.3 is 0 Å². The lowest BCUT2D eigenvalue weighted by atomic mass is 9.90. The van der Waals surface area contributed by atoms with Gasteiger partial charge in [-0.1, -0.05) is 0 Å². The molecule has 88 valence electrons. The van der Waals surface area contributed by atoms with E-state index >= 15 is 0 Å². The molecule has 3 rings (SSSR count). The highest BCUT2D eigenvalue weighted by Crippen LogP contribution is 2.39. The highest BCUT2D eigenvalue weighted by Gasteiger charge is 2.43. The molecule has 1 aromatic rings.